The van der Waals surface area contributed by atoms with Gasteiger partial charge in [-0.05, 0) is 131 Å². The number of nitrogens with one attached hydrogen (secondary N) is 2. The molecule has 0 spiro atoms. The fourth-order valence-corrected chi connectivity index (χ4v) is 10.8. The maximum atomic E-state index is 15.0. The van der Waals surface area contributed by atoms with Gasteiger partial charge < -0.3 is 24.3 Å². The van der Waals surface area contributed by atoms with Crippen molar-refractivity contribution < 1.29 is 23.9 Å². The van der Waals surface area contributed by atoms with E-state index < -0.39 is 5.97 Å². The van der Waals surface area contributed by atoms with Crippen molar-refractivity contribution in [1.82, 2.24) is 24.8 Å². The molecule has 2 N–H and O–H groups in total. The van der Waals surface area contributed by atoms with E-state index in [2.05, 4.69) is 105 Å². The van der Waals surface area contributed by atoms with Gasteiger partial charge in [-0.1, -0.05) is 119 Å². The summed E-state index contributed by atoms with van der Waals surface area (Å²) in [4.78, 5) is 62.2. The summed E-state index contributed by atoms with van der Waals surface area (Å²) in [6, 6.07) is 6.26. The molecule has 72 heavy (non-hydrogen) atoms. The van der Waals surface area contributed by atoms with Crippen LogP contribution in [0.15, 0.2) is 36.4 Å². The van der Waals surface area contributed by atoms with Crippen molar-refractivity contribution in [2.45, 2.75) is 191 Å². The Balaban J connectivity index is 0.0000112. The number of ether oxygens (including phenoxy) is 2. The van der Waals surface area contributed by atoms with Crippen LogP contribution in [-0.4, -0.2) is 92.5 Å². The average molecular weight is 997 g/mol. The van der Waals surface area contributed by atoms with Crippen molar-refractivity contribution in [2.75, 3.05) is 26.8 Å². The minimum Gasteiger partial charge on any atom is -0.469 e. The van der Waals surface area contributed by atoms with E-state index in [9.17, 15) is 14.4 Å². The fourth-order valence-electron chi connectivity index (χ4n) is 10.8. The number of aromatic nitrogens is 4. The maximum Gasteiger partial charge on any atom is 2.00 e. The molecule has 0 saturated heterocycles. The molecule has 11 heteroatoms. The second kappa shape index (κ2) is 28.8. The van der Waals surface area contributed by atoms with Gasteiger partial charge in [0.25, 0.3) is 5.91 Å². The van der Waals surface area contributed by atoms with Crippen LogP contribution in [0.3, 0.4) is 0 Å². The number of carbonyl (C=O) groups is 3. The third-order valence-electron chi connectivity index (χ3n) is 15.2. The standard InChI is InChI=1S/C61H89N5O5.Mg/c1-15-31-66(32-16-2)61(69)58-45(13)53-37-55-47(18-4)43(11)51(63-55)36-54-46(17-3)42(10)50(62-54)35-52-44(12)48(59(64-52)49(60(58)65-53)34-57(68)70-14)28-29-56(67)71-33-30-41(9)27-21-26-40(8)25-20-24-39(7)23-19-22-38(5)6;/h17,30,35-40,44,48,62-63H,3,15-16,18-29,31-34H2,1-2,4-14H3;/q;+2/b41-30+,50-35?,51-36?,52-35?,53-37?,54-36?,55-37?,59-49?,60-49?;. The van der Waals surface area contributed by atoms with Crippen molar-refractivity contribution in [3.8, 4) is 0 Å². The molecular formula is C61H89MgN5O5+2. The van der Waals surface area contributed by atoms with Crippen LogP contribution in [0.2, 0.25) is 0 Å². The molecule has 3 aromatic heterocycles. The largest absolute Gasteiger partial charge is 2.00 e. The molecule has 0 aromatic carbocycles. The van der Waals surface area contributed by atoms with Crippen molar-refractivity contribution in [3.05, 3.63) is 87.0 Å². The number of rotatable bonds is 26. The first kappa shape index (κ1) is 60.1. The van der Waals surface area contributed by atoms with Crippen LogP contribution >= 0.6 is 0 Å². The number of carbonyl (C=O) groups excluding carboxylic acids is 3. The molecule has 1 amide bonds. The van der Waals surface area contributed by atoms with Gasteiger partial charge in [0.1, 0.15) is 6.61 Å². The Labute approximate surface area is 449 Å². The number of H-pyrrole nitrogens is 2. The van der Waals surface area contributed by atoms with Gasteiger partial charge >= 0.3 is 35.0 Å². The van der Waals surface area contributed by atoms with Gasteiger partial charge in [-0.3, -0.25) is 19.4 Å². The van der Waals surface area contributed by atoms with Crippen molar-refractivity contribution in [2.24, 2.45) is 17.8 Å². The molecule has 5 heterocycles. The zero-order valence-electron chi connectivity index (χ0n) is 46.8. The number of aryl methyl sites for hydroxylation is 3. The molecule has 2 aliphatic heterocycles. The second-order valence-electron chi connectivity index (χ2n) is 21.4. The summed E-state index contributed by atoms with van der Waals surface area (Å²) < 4.78 is 11.2. The summed E-state index contributed by atoms with van der Waals surface area (Å²) in [5.41, 5.74) is 13.5. The maximum absolute atomic E-state index is 15.0. The van der Waals surface area contributed by atoms with Crippen LogP contribution in [0, 0.1) is 31.6 Å². The minimum absolute atomic E-state index is 0. The van der Waals surface area contributed by atoms with Gasteiger partial charge in [0.15, 0.2) is 0 Å². The normalized spacial score (nSPS) is 15.6. The van der Waals surface area contributed by atoms with Crippen molar-refractivity contribution in [3.63, 3.8) is 0 Å². The summed E-state index contributed by atoms with van der Waals surface area (Å²) in [6.07, 6.45) is 18.0. The topological polar surface area (TPSA) is 130 Å². The fraction of sp³-hybridized carbons (Fsp3) is 0.590. The Morgan fingerprint density at radius 2 is 1.42 bits per heavy atom. The van der Waals surface area contributed by atoms with Gasteiger partial charge in [-0.25, -0.2) is 4.98 Å². The number of hydrogen-bond acceptors (Lipinski definition) is 7. The van der Waals surface area contributed by atoms with Gasteiger partial charge in [0.2, 0.25) is 0 Å². The second-order valence-corrected chi connectivity index (χ2v) is 21.4. The van der Waals surface area contributed by atoms with E-state index in [-0.39, 0.29) is 66.2 Å². The Morgan fingerprint density at radius 1 is 0.792 bits per heavy atom. The Bertz CT molecular complexity index is 2580. The molecule has 0 aliphatic carbocycles. The molecule has 388 valence electrons. The Morgan fingerprint density at radius 3 is 2.03 bits per heavy atom. The minimum atomic E-state index is -0.466. The molecule has 0 radical (unpaired) electrons. The SMILES string of the molecule is C=Cc1c(C)c2cc3nc(c(CC(=O)OC)c4nc(cc5[nH]c(cc1[nH]2)c(C)c5CC)C(C)=C4C(=O)N(CCC)CCC)C(CCC(=O)OC/C=C(\C)CCCC(C)CCCC(C)CCCC(C)C)C3C.[Mg+2]. The van der Waals surface area contributed by atoms with Gasteiger partial charge in [-0.15, -0.1) is 0 Å². The van der Waals surface area contributed by atoms with E-state index in [0.29, 0.717) is 53.6 Å². The molecule has 5 rings (SSSR count). The molecule has 0 saturated carbocycles. The van der Waals surface area contributed by atoms with Gasteiger partial charge in [0.05, 0.1) is 36.2 Å². The summed E-state index contributed by atoms with van der Waals surface area (Å²) in [6.45, 7) is 31.7. The first-order valence-electron chi connectivity index (χ1n) is 27.2. The van der Waals surface area contributed by atoms with Gasteiger partial charge in [-0.2, -0.15) is 0 Å². The number of hydrogen-bond donors (Lipinski definition) is 2. The third-order valence-corrected chi connectivity index (χ3v) is 15.2. The van der Waals surface area contributed by atoms with E-state index >= 15 is 0 Å². The van der Waals surface area contributed by atoms with E-state index in [1.807, 2.05) is 30.0 Å². The van der Waals surface area contributed by atoms with E-state index in [1.165, 1.54) is 57.6 Å². The quantitative estimate of drug-likeness (QED) is 0.0465. The molecular weight excluding hydrogens is 907 g/mol. The van der Waals surface area contributed by atoms with Crippen LogP contribution in [-0.2, 0) is 36.7 Å². The molecule has 4 unspecified atom stereocenters. The molecule has 8 bridgehead atoms. The molecule has 3 aromatic rings. The predicted octanol–water partition coefficient (Wildman–Crippen LogP) is 14.6. The van der Waals surface area contributed by atoms with Crippen LogP contribution < -0.4 is 0 Å². The van der Waals surface area contributed by atoms with E-state index in [1.54, 1.807) is 0 Å². The Hall–Kier alpha value is -4.48. The van der Waals surface area contributed by atoms with Crippen LogP contribution in [0.25, 0.3) is 39.3 Å². The number of allylic oxidation sites excluding steroid dienone is 2. The molecule has 0 fully saturated rings. The molecule has 4 atom stereocenters. The third kappa shape index (κ3) is 15.5. The van der Waals surface area contributed by atoms with Gasteiger partial charge in [0, 0.05) is 70.2 Å². The summed E-state index contributed by atoms with van der Waals surface area (Å²) in [5, 5.41) is 0. The Kier molecular flexibility index (Phi) is 24.1. The number of nitrogens with zero attached hydrogens (tertiary/aromatic N) is 3. The van der Waals surface area contributed by atoms with Crippen LogP contribution in [0.1, 0.15) is 215 Å². The number of fused-ring (bicyclic) bond motifs is 8. The zero-order valence-corrected chi connectivity index (χ0v) is 48.2. The van der Waals surface area contributed by atoms with Crippen LogP contribution in [0.5, 0.6) is 0 Å². The van der Waals surface area contributed by atoms with E-state index in [4.69, 9.17) is 19.4 Å². The van der Waals surface area contributed by atoms with Crippen molar-refractivity contribution >= 4 is 80.2 Å². The van der Waals surface area contributed by atoms with Crippen LogP contribution in [0.4, 0.5) is 0 Å². The first-order valence-corrected chi connectivity index (χ1v) is 27.2. The number of methoxy groups -OCH3 is 1. The average Bonchev–Trinajstić information content (AvgIpc) is 4.01. The summed E-state index contributed by atoms with van der Waals surface area (Å²) >= 11 is 0. The summed E-state index contributed by atoms with van der Waals surface area (Å²) in [7, 11) is 1.38. The number of esters is 2. The monoisotopic (exact) mass is 996 g/mol. The van der Waals surface area contributed by atoms with E-state index in [0.717, 1.165) is 99.5 Å². The summed E-state index contributed by atoms with van der Waals surface area (Å²) in [5.74, 6) is 0.982. The zero-order chi connectivity index (χ0) is 51.9. The molecule has 2 aliphatic rings. The number of aromatic amines is 2. The smallest absolute Gasteiger partial charge is 0.469 e. The van der Waals surface area contributed by atoms with Crippen molar-refractivity contribution in [1.29, 1.82) is 0 Å². The number of amides is 1. The molecule has 10 nitrogen and oxygen atoms in total. The first-order chi connectivity index (χ1) is 34.0. The predicted molar refractivity (Wildman–Crippen MR) is 301 cm³/mol.